The molecule has 9 fully saturated rings. The van der Waals surface area contributed by atoms with Gasteiger partial charge < -0.3 is 244 Å². The molecular formula is C66H113N3O49. The van der Waals surface area contributed by atoms with Gasteiger partial charge in [-0.3, -0.25) is 14.4 Å². The molecule has 9 rings (SSSR count). The van der Waals surface area contributed by atoms with Crippen molar-refractivity contribution in [3.8, 4) is 0 Å². The summed E-state index contributed by atoms with van der Waals surface area (Å²) in [5.74, 6) is -2.95. The Hall–Kier alpha value is -3.43. The summed E-state index contributed by atoms with van der Waals surface area (Å²) >= 11 is 0. The molecule has 49 atom stereocenters. The Labute approximate surface area is 669 Å². The number of amides is 3. The van der Waals surface area contributed by atoms with Crippen molar-refractivity contribution in [2.24, 2.45) is 0 Å². The second-order valence-corrected chi connectivity index (χ2v) is 30.0. The van der Waals surface area contributed by atoms with E-state index in [1.54, 1.807) is 0 Å². The summed E-state index contributed by atoms with van der Waals surface area (Å²) in [6, 6.07) is -5.94. The number of hydrogen-bond acceptors (Lipinski definition) is 49. The molecule has 52 nitrogen and oxygen atoms in total. The summed E-state index contributed by atoms with van der Waals surface area (Å²) in [6.07, 6.45) is -96.0. The zero-order chi connectivity index (χ0) is 87.2. The van der Waals surface area contributed by atoms with Crippen molar-refractivity contribution < 1.29 is 243 Å². The molecule has 0 radical (unpaired) electrons. The van der Waals surface area contributed by atoms with Gasteiger partial charge in [0.25, 0.3) is 0 Å². The second-order valence-electron chi connectivity index (χ2n) is 30.0. The zero-order valence-electron chi connectivity index (χ0n) is 63.7. The van der Waals surface area contributed by atoms with Crippen molar-refractivity contribution in [1.82, 2.24) is 16.0 Å². The normalized spacial score (nSPS) is 48.2. The molecule has 9 aliphatic heterocycles. The highest BCUT2D eigenvalue weighted by molar-refractivity contribution is 5.74. The summed E-state index contributed by atoms with van der Waals surface area (Å²) in [6.45, 7) is -5.24. The van der Waals surface area contributed by atoms with Crippen LogP contribution in [0.25, 0.3) is 0 Å². The van der Waals surface area contributed by atoms with Gasteiger partial charge in [-0.15, -0.1) is 0 Å². The van der Waals surface area contributed by atoms with E-state index in [9.17, 15) is 157 Å². The molecular weight excluding hydrogens is 1620 g/mol. The third kappa shape index (κ3) is 21.8. The molecule has 0 unspecified atom stereocenters. The first kappa shape index (κ1) is 98.4. The summed E-state index contributed by atoms with van der Waals surface area (Å²) < 4.78 is 107. The molecule has 31 N–H and O–H groups in total. The maximum atomic E-state index is 13.7. The molecule has 0 spiro atoms. The Kier molecular flexibility index (Phi) is 36.0. The fourth-order valence-electron chi connectivity index (χ4n) is 15.0. The van der Waals surface area contributed by atoms with Gasteiger partial charge in [-0.05, 0) is 13.8 Å². The van der Waals surface area contributed by atoms with Crippen LogP contribution in [0.3, 0.4) is 0 Å². The molecule has 9 aliphatic rings. The average molecular weight is 1730 g/mol. The number of nitrogens with one attached hydrogen (secondary N) is 3. The standard InChI is InChI=1S/C66H113N3O49/c1-15-32(83)41(92)45(96)61(102-15)113-52-27(13-77)109-60(31(69-19(5)80)54(52)115-66-57(44(95)36(87)23(9-73)107-66)118-62-46(97)42(93)33(84)16(2)103-62)117-56-39(90)28(110-65(49(56)100)111-50(21(82)7-71)34(85)20(81)6-70)14-101-58-29(67-17(3)78)40(91)51(26(12-76)108-58)112-64-48(99)55(38(89)25(11-75)106-64)116-59-30(68-18(4)79)53(37(88)24(10-74)104-59)114-63-47(98)43(94)35(86)22(8-72)105-63/h15-16,20-66,70-77,81-100H,6-14H2,1-5H3,(H,67,78)(H,68,79)(H,69,80)/t15-,16-,20-,21+,22+,23+,24+,25+,26+,27+,28+,29+,30+,31+,32+,33+,34+,35-,36-,37+,38-,39-,40+,41+,42+,43-,44-,45-,46-,47+,48+,49+,50+,51+,52+,53+,54+,55-,56-,57+,58+,59-,60-,61-,62-,63-,64-,65-,66-/m0/s1. The number of ether oxygens (including phenoxy) is 18. The van der Waals surface area contributed by atoms with Crippen LogP contribution in [0.1, 0.15) is 34.6 Å². The van der Waals surface area contributed by atoms with Crippen LogP contribution in [-0.4, -0.2) is 521 Å². The summed E-state index contributed by atoms with van der Waals surface area (Å²) in [5, 5.41) is 316. The number of carbonyl (C=O) groups excluding carboxylic acids is 3. The maximum Gasteiger partial charge on any atom is 0.217 e. The molecule has 118 heavy (non-hydrogen) atoms. The van der Waals surface area contributed by atoms with E-state index >= 15 is 0 Å². The predicted octanol–water partition coefficient (Wildman–Crippen LogP) is -20.7. The molecule has 9 heterocycles. The Balaban J connectivity index is 1.03. The van der Waals surface area contributed by atoms with E-state index in [0.717, 1.165) is 20.8 Å². The largest absolute Gasteiger partial charge is 0.394 e. The van der Waals surface area contributed by atoms with Crippen LogP contribution in [-0.2, 0) is 99.6 Å². The van der Waals surface area contributed by atoms with Crippen molar-refractivity contribution in [2.45, 2.75) is 335 Å². The fraction of sp³-hybridized carbons (Fsp3) is 0.955. The highest BCUT2D eigenvalue weighted by Crippen LogP contribution is 2.41. The van der Waals surface area contributed by atoms with Gasteiger partial charge in [0.15, 0.2) is 56.6 Å². The fourth-order valence-corrected chi connectivity index (χ4v) is 15.0. The second kappa shape index (κ2) is 43.2. The van der Waals surface area contributed by atoms with Crippen molar-refractivity contribution in [2.75, 3.05) is 59.5 Å². The first-order valence-electron chi connectivity index (χ1n) is 37.8. The van der Waals surface area contributed by atoms with Crippen LogP contribution >= 0.6 is 0 Å². The van der Waals surface area contributed by atoms with E-state index in [4.69, 9.17) is 85.3 Å². The maximum absolute atomic E-state index is 13.7. The van der Waals surface area contributed by atoms with E-state index in [2.05, 4.69) is 16.0 Å². The van der Waals surface area contributed by atoms with Gasteiger partial charge in [-0.1, -0.05) is 0 Å². The topological polar surface area (TPSA) is 820 Å². The Bertz CT molecular complexity index is 3090. The van der Waals surface area contributed by atoms with Gasteiger partial charge in [-0.25, -0.2) is 0 Å². The summed E-state index contributed by atoms with van der Waals surface area (Å²) in [5.41, 5.74) is 0. The lowest BCUT2D eigenvalue weighted by Crippen LogP contribution is -2.71. The third-order valence-electron chi connectivity index (χ3n) is 21.6. The lowest BCUT2D eigenvalue weighted by atomic mass is 9.93. The van der Waals surface area contributed by atoms with Crippen molar-refractivity contribution in [3.63, 3.8) is 0 Å². The van der Waals surface area contributed by atoms with Crippen LogP contribution in [0.4, 0.5) is 0 Å². The highest BCUT2D eigenvalue weighted by atomic mass is 16.8. The molecule has 0 saturated carbocycles. The zero-order valence-corrected chi connectivity index (χ0v) is 63.7. The Morgan fingerprint density at radius 3 is 1.10 bits per heavy atom. The van der Waals surface area contributed by atoms with Crippen molar-refractivity contribution >= 4 is 17.7 Å². The lowest BCUT2D eigenvalue weighted by molar-refractivity contribution is -0.400. The predicted molar refractivity (Wildman–Crippen MR) is 364 cm³/mol. The first-order valence-corrected chi connectivity index (χ1v) is 37.8. The molecule has 3 amide bonds. The summed E-state index contributed by atoms with van der Waals surface area (Å²) in [4.78, 5) is 39.7. The Morgan fingerprint density at radius 1 is 0.288 bits per heavy atom. The molecule has 0 aromatic carbocycles. The number of aliphatic hydroxyl groups is 28. The van der Waals surface area contributed by atoms with Gasteiger partial charge in [0.2, 0.25) is 17.7 Å². The minimum Gasteiger partial charge on any atom is -0.394 e. The van der Waals surface area contributed by atoms with Crippen molar-refractivity contribution in [1.29, 1.82) is 0 Å². The SMILES string of the molecule is CC(=O)N[C@H]1[C@H](OC[C@H]2O[C@@H](O[C@@H]([C@H](O)[C@@H](O)CO)[C@H](O)CO)[C@H](O)[C@@H](O[C@@H]3O[C@H](CO)[C@@H](O[C@@H]4O[C@@H](C)[C@@H](O)[C@@H](O)[C@@H]4O)[C@H](O[C@@H]4O[C@H](CO)[C@H](O)[C@H](O)[C@H]4O[C@@H]4O[C@@H](C)[C@@H](O)[C@@H](O)[C@@H]4O)[C@H]3NC(C)=O)[C@H]2O)O[C@H](CO)[C@@H](O[C@@H]2O[C@H](CO)[C@H](O)[C@H](O[C@@H]3O[C@H](CO)[C@@H](O)[C@H](O[C@@H]4O[C@H](CO)[C@H](O)[C@H](O)[C@H]4O)[C@H]3NC(C)=O)[C@H]2O)[C@@H]1O. The van der Waals surface area contributed by atoms with Gasteiger partial charge >= 0.3 is 0 Å². The molecule has 0 aliphatic carbocycles. The average Bonchev–Trinajstić information content (AvgIpc) is 0.760. The molecule has 0 bridgehead atoms. The number of aliphatic hydroxyl groups excluding tert-OH is 28. The van der Waals surface area contributed by atoms with Crippen LogP contribution in [0.15, 0.2) is 0 Å². The minimum atomic E-state index is -2.58. The number of rotatable bonds is 33. The number of carbonyl (C=O) groups is 3. The van der Waals surface area contributed by atoms with Crippen LogP contribution in [0.5, 0.6) is 0 Å². The van der Waals surface area contributed by atoms with Gasteiger partial charge in [0, 0.05) is 20.8 Å². The third-order valence-corrected chi connectivity index (χ3v) is 21.6. The molecule has 0 aromatic rings. The monoisotopic (exact) mass is 1730 g/mol. The first-order chi connectivity index (χ1) is 55.7. The minimum absolute atomic E-state index is 0.887. The van der Waals surface area contributed by atoms with E-state index in [1.165, 1.54) is 13.8 Å². The van der Waals surface area contributed by atoms with Gasteiger partial charge in [-0.2, -0.15) is 0 Å². The van der Waals surface area contributed by atoms with Crippen molar-refractivity contribution in [3.05, 3.63) is 0 Å². The smallest absolute Gasteiger partial charge is 0.217 e. The van der Waals surface area contributed by atoms with Crippen LogP contribution in [0.2, 0.25) is 0 Å². The van der Waals surface area contributed by atoms with Gasteiger partial charge in [0.1, 0.15) is 232 Å². The van der Waals surface area contributed by atoms with E-state index < -0.39 is 378 Å². The quantitative estimate of drug-likeness (QED) is 0.0290. The lowest BCUT2D eigenvalue weighted by Gasteiger charge is -2.52. The van der Waals surface area contributed by atoms with E-state index in [0.29, 0.717) is 0 Å². The van der Waals surface area contributed by atoms with Crippen LogP contribution < -0.4 is 16.0 Å². The van der Waals surface area contributed by atoms with E-state index in [-0.39, 0.29) is 0 Å². The number of hydrogen-bond donors (Lipinski definition) is 31. The Morgan fingerprint density at radius 2 is 0.619 bits per heavy atom. The molecule has 9 saturated heterocycles. The van der Waals surface area contributed by atoms with Gasteiger partial charge in [0.05, 0.1) is 71.7 Å². The van der Waals surface area contributed by atoms with E-state index in [1.807, 2.05) is 0 Å². The molecule has 52 heteroatoms. The van der Waals surface area contributed by atoms with Crippen LogP contribution in [0, 0.1) is 0 Å². The molecule has 0 aromatic heterocycles. The molecule has 686 valence electrons. The summed E-state index contributed by atoms with van der Waals surface area (Å²) in [7, 11) is 0. The highest BCUT2D eigenvalue weighted by Gasteiger charge is 2.62.